The van der Waals surface area contributed by atoms with Gasteiger partial charge >= 0.3 is 6.01 Å². The lowest BCUT2D eigenvalue weighted by atomic mass is 10.3. The van der Waals surface area contributed by atoms with Gasteiger partial charge in [-0.15, -0.1) is 5.10 Å². The van der Waals surface area contributed by atoms with Gasteiger partial charge in [0, 0.05) is 12.6 Å². The number of hydrogen-bond acceptors (Lipinski definition) is 5. The molecule has 0 atom stereocenters. The van der Waals surface area contributed by atoms with E-state index in [1.807, 2.05) is 0 Å². The zero-order valence-corrected chi connectivity index (χ0v) is 9.03. The molecule has 1 aromatic heterocycles. The molecule has 14 heavy (non-hydrogen) atoms. The average molecular weight is 198 g/mol. The Kier molecular flexibility index (Phi) is 3.88. The van der Waals surface area contributed by atoms with Crippen molar-refractivity contribution in [2.24, 2.45) is 5.73 Å². The predicted octanol–water partition coefficient (Wildman–Crippen LogP) is 1.15. The molecule has 1 rings (SSSR count). The summed E-state index contributed by atoms with van der Waals surface area (Å²) in [6, 6.07) is 0.934. The van der Waals surface area contributed by atoms with E-state index < -0.39 is 0 Å². The van der Waals surface area contributed by atoms with Crippen LogP contribution in [0.2, 0.25) is 0 Å². The maximum Gasteiger partial charge on any atom is 0.318 e. The average Bonchev–Trinajstić information content (AvgIpc) is 2.61. The summed E-state index contributed by atoms with van der Waals surface area (Å²) in [6.07, 6.45) is 1.05. The number of hydrogen-bond donors (Lipinski definition) is 1. The highest BCUT2D eigenvalue weighted by Crippen LogP contribution is 2.15. The summed E-state index contributed by atoms with van der Waals surface area (Å²) in [4.78, 5) is 2.08. The van der Waals surface area contributed by atoms with Gasteiger partial charge in [0.25, 0.3) is 0 Å². The van der Waals surface area contributed by atoms with Crippen LogP contribution in [0.4, 0.5) is 6.01 Å². The van der Waals surface area contributed by atoms with Crippen molar-refractivity contribution in [1.82, 2.24) is 10.2 Å². The van der Waals surface area contributed by atoms with Crippen molar-refractivity contribution < 1.29 is 4.42 Å². The molecule has 0 aromatic carbocycles. The molecule has 1 aromatic rings. The molecule has 80 valence electrons. The molecule has 0 amide bonds. The van der Waals surface area contributed by atoms with Crippen LogP contribution in [-0.4, -0.2) is 22.8 Å². The Morgan fingerprint density at radius 1 is 1.43 bits per heavy atom. The number of anilines is 1. The van der Waals surface area contributed by atoms with E-state index in [0.717, 1.165) is 13.0 Å². The zero-order valence-electron chi connectivity index (χ0n) is 9.03. The summed E-state index contributed by atoms with van der Waals surface area (Å²) in [6.45, 7) is 7.54. The molecular formula is C9H18N4O. The van der Waals surface area contributed by atoms with Crippen molar-refractivity contribution in [3.05, 3.63) is 5.89 Å². The fraction of sp³-hybridized carbons (Fsp3) is 0.778. The molecule has 0 radical (unpaired) electrons. The summed E-state index contributed by atoms with van der Waals surface area (Å²) in [7, 11) is 0. The van der Waals surface area contributed by atoms with Crippen molar-refractivity contribution >= 4 is 6.01 Å². The van der Waals surface area contributed by atoms with E-state index in [2.05, 4.69) is 35.9 Å². The molecule has 2 N–H and O–H groups in total. The molecule has 0 fully saturated rings. The minimum absolute atomic E-state index is 0.297. The third-order valence-electron chi connectivity index (χ3n) is 1.96. The van der Waals surface area contributed by atoms with Gasteiger partial charge in [0.15, 0.2) is 0 Å². The van der Waals surface area contributed by atoms with Crippen molar-refractivity contribution in [3.8, 4) is 0 Å². The molecule has 0 spiro atoms. The van der Waals surface area contributed by atoms with E-state index in [0.29, 0.717) is 24.5 Å². The summed E-state index contributed by atoms with van der Waals surface area (Å²) in [5, 5.41) is 7.79. The highest BCUT2D eigenvalue weighted by atomic mass is 16.4. The van der Waals surface area contributed by atoms with Crippen LogP contribution in [0.1, 0.15) is 33.1 Å². The van der Waals surface area contributed by atoms with Crippen LogP contribution in [0, 0.1) is 0 Å². The number of nitrogens with zero attached hydrogens (tertiary/aromatic N) is 3. The third kappa shape index (κ3) is 2.45. The van der Waals surface area contributed by atoms with Gasteiger partial charge in [0.05, 0.1) is 6.54 Å². The number of nitrogens with two attached hydrogens (primary N) is 1. The van der Waals surface area contributed by atoms with Gasteiger partial charge in [-0.1, -0.05) is 12.0 Å². The van der Waals surface area contributed by atoms with Crippen molar-refractivity contribution in [2.75, 3.05) is 11.4 Å². The van der Waals surface area contributed by atoms with E-state index in [1.54, 1.807) is 0 Å². The van der Waals surface area contributed by atoms with E-state index >= 15 is 0 Å². The van der Waals surface area contributed by atoms with Gasteiger partial charge in [0.1, 0.15) is 0 Å². The molecule has 0 aliphatic heterocycles. The highest BCUT2D eigenvalue weighted by Gasteiger charge is 2.15. The topological polar surface area (TPSA) is 68.2 Å². The first-order valence-corrected chi connectivity index (χ1v) is 4.98. The van der Waals surface area contributed by atoms with Crippen LogP contribution >= 0.6 is 0 Å². The minimum atomic E-state index is 0.297. The Labute approximate surface area is 84.3 Å². The normalized spacial score (nSPS) is 10.9. The second-order valence-corrected chi connectivity index (χ2v) is 3.47. The summed E-state index contributed by atoms with van der Waals surface area (Å²) < 4.78 is 5.39. The molecule has 1 heterocycles. The van der Waals surface area contributed by atoms with Gasteiger partial charge in [-0.3, -0.25) is 0 Å². The second-order valence-electron chi connectivity index (χ2n) is 3.47. The van der Waals surface area contributed by atoms with E-state index in [4.69, 9.17) is 10.2 Å². The first-order valence-electron chi connectivity index (χ1n) is 4.98. The van der Waals surface area contributed by atoms with Crippen LogP contribution in [0.3, 0.4) is 0 Å². The first kappa shape index (κ1) is 11.0. The van der Waals surface area contributed by atoms with Gasteiger partial charge in [-0.05, 0) is 20.3 Å². The summed E-state index contributed by atoms with van der Waals surface area (Å²) in [5.41, 5.74) is 5.40. The molecule has 0 aliphatic carbocycles. The van der Waals surface area contributed by atoms with E-state index in [9.17, 15) is 0 Å². The molecule has 5 nitrogen and oxygen atoms in total. The molecule has 0 unspecified atom stereocenters. The highest BCUT2D eigenvalue weighted by molar-refractivity contribution is 5.25. The quantitative estimate of drug-likeness (QED) is 0.768. The van der Waals surface area contributed by atoms with E-state index in [1.165, 1.54) is 0 Å². The maximum atomic E-state index is 5.40. The fourth-order valence-corrected chi connectivity index (χ4v) is 1.26. The largest absolute Gasteiger partial charge is 0.407 e. The van der Waals surface area contributed by atoms with E-state index in [-0.39, 0.29) is 0 Å². The van der Waals surface area contributed by atoms with Gasteiger partial charge in [-0.2, -0.15) is 0 Å². The predicted molar refractivity (Wildman–Crippen MR) is 55.0 cm³/mol. The molecule has 0 saturated heterocycles. The molecule has 0 bridgehead atoms. The first-order chi connectivity index (χ1) is 6.69. The SMILES string of the molecule is CCCN(c1nnc(CN)o1)C(C)C. The number of aromatic nitrogens is 2. The van der Waals surface area contributed by atoms with Gasteiger partial charge < -0.3 is 15.1 Å². The molecular weight excluding hydrogens is 180 g/mol. The lowest BCUT2D eigenvalue weighted by molar-refractivity contribution is 0.471. The molecule has 0 saturated carbocycles. The Balaban J connectivity index is 2.76. The third-order valence-corrected chi connectivity index (χ3v) is 1.96. The van der Waals surface area contributed by atoms with Crippen LogP contribution < -0.4 is 10.6 Å². The lowest BCUT2D eigenvalue weighted by Gasteiger charge is -2.23. The van der Waals surface area contributed by atoms with Crippen LogP contribution in [0.15, 0.2) is 4.42 Å². The fourth-order valence-electron chi connectivity index (χ4n) is 1.26. The number of rotatable bonds is 5. The van der Waals surface area contributed by atoms with Crippen LogP contribution in [0.25, 0.3) is 0 Å². The van der Waals surface area contributed by atoms with Crippen LogP contribution in [-0.2, 0) is 6.54 Å². The van der Waals surface area contributed by atoms with Crippen molar-refractivity contribution in [2.45, 2.75) is 39.8 Å². The Bertz CT molecular complexity index is 272. The summed E-state index contributed by atoms with van der Waals surface area (Å²) in [5.74, 6) is 0.488. The van der Waals surface area contributed by atoms with Gasteiger partial charge in [-0.25, -0.2) is 0 Å². The van der Waals surface area contributed by atoms with Crippen LogP contribution in [0.5, 0.6) is 0 Å². The molecule has 5 heteroatoms. The minimum Gasteiger partial charge on any atom is -0.407 e. The van der Waals surface area contributed by atoms with Gasteiger partial charge in [0.2, 0.25) is 5.89 Å². The Morgan fingerprint density at radius 3 is 2.57 bits per heavy atom. The Hall–Kier alpha value is -1.10. The standard InChI is InChI=1S/C9H18N4O/c1-4-5-13(7(2)3)9-12-11-8(6-10)14-9/h7H,4-6,10H2,1-3H3. The monoisotopic (exact) mass is 198 g/mol. The maximum absolute atomic E-state index is 5.40. The van der Waals surface area contributed by atoms with Crippen molar-refractivity contribution in [1.29, 1.82) is 0 Å². The lowest BCUT2D eigenvalue weighted by Crippen LogP contribution is -2.31. The Morgan fingerprint density at radius 2 is 2.14 bits per heavy atom. The zero-order chi connectivity index (χ0) is 10.6. The molecule has 0 aliphatic rings. The van der Waals surface area contributed by atoms with Crippen molar-refractivity contribution in [3.63, 3.8) is 0 Å². The second kappa shape index (κ2) is 4.95. The summed E-state index contributed by atoms with van der Waals surface area (Å²) >= 11 is 0. The smallest absolute Gasteiger partial charge is 0.318 e.